The van der Waals surface area contributed by atoms with E-state index in [2.05, 4.69) is 0 Å². The highest BCUT2D eigenvalue weighted by atomic mass is 35.5. The van der Waals surface area contributed by atoms with Crippen LogP contribution in [0.25, 0.3) is 0 Å². The summed E-state index contributed by atoms with van der Waals surface area (Å²) in [5.41, 5.74) is -1.58. The van der Waals surface area contributed by atoms with E-state index >= 15 is 0 Å². The Balaban J connectivity index is 2.81. The van der Waals surface area contributed by atoms with Gasteiger partial charge in [-0.25, -0.2) is 9.18 Å². The van der Waals surface area contributed by atoms with Crippen LogP contribution in [0.4, 0.5) is 4.39 Å². The summed E-state index contributed by atoms with van der Waals surface area (Å²) in [6.07, 6.45) is 4.48. The summed E-state index contributed by atoms with van der Waals surface area (Å²) in [6, 6.07) is 3.95. The number of rotatable bonds is 6. The highest BCUT2D eigenvalue weighted by Crippen LogP contribution is 2.48. The molecule has 1 aliphatic rings. The van der Waals surface area contributed by atoms with Crippen LogP contribution < -0.4 is 0 Å². The number of allylic oxidation sites excluding steroid dienone is 2. The van der Waals surface area contributed by atoms with Crippen molar-refractivity contribution < 1.29 is 24.2 Å². The Morgan fingerprint density at radius 3 is 2.52 bits per heavy atom. The molecule has 2 atom stereocenters. The first-order valence-corrected chi connectivity index (χ1v) is 8.46. The monoisotopic (exact) mass is 366 g/mol. The van der Waals surface area contributed by atoms with E-state index in [1.807, 2.05) is 6.92 Å². The molecule has 0 heterocycles. The molecule has 0 aromatic heterocycles. The van der Waals surface area contributed by atoms with Gasteiger partial charge in [0.25, 0.3) is 0 Å². The lowest BCUT2D eigenvalue weighted by molar-refractivity contribution is -0.144. The van der Waals surface area contributed by atoms with Gasteiger partial charge < -0.3 is 10.2 Å². The van der Waals surface area contributed by atoms with Gasteiger partial charge in [-0.15, -0.1) is 0 Å². The van der Waals surface area contributed by atoms with E-state index in [0.29, 0.717) is 18.4 Å². The number of carboxylic acids is 2. The Morgan fingerprint density at radius 1 is 1.32 bits per heavy atom. The number of carboxylic acid groups (broad SMARTS) is 2. The molecule has 0 saturated carbocycles. The first kappa shape index (κ1) is 19.2. The molecule has 134 valence electrons. The summed E-state index contributed by atoms with van der Waals surface area (Å²) in [4.78, 5) is 24.2. The smallest absolute Gasteiger partial charge is 0.332 e. The van der Waals surface area contributed by atoms with E-state index in [1.54, 1.807) is 6.92 Å². The van der Waals surface area contributed by atoms with Crippen LogP contribution >= 0.6 is 11.6 Å². The van der Waals surface area contributed by atoms with Gasteiger partial charge in [-0.05, 0) is 31.1 Å². The largest absolute Gasteiger partial charge is 0.480 e. The number of hydrogen-bond acceptors (Lipinski definition) is 2. The van der Waals surface area contributed by atoms with Crippen LogP contribution in [-0.4, -0.2) is 22.2 Å². The summed E-state index contributed by atoms with van der Waals surface area (Å²) >= 11 is 6.16. The quantitative estimate of drug-likeness (QED) is 0.772. The zero-order valence-corrected chi connectivity index (χ0v) is 14.8. The van der Waals surface area contributed by atoms with E-state index in [-0.39, 0.29) is 16.2 Å². The van der Waals surface area contributed by atoms with Gasteiger partial charge >= 0.3 is 11.9 Å². The van der Waals surface area contributed by atoms with Crippen LogP contribution in [0, 0.1) is 11.7 Å². The maximum atomic E-state index is 14.6. The molecule has 1 aromatic carbocycles. The van der Waals surface area contributed by atoms with Crippen LogP contribution in [-0.2, 0) is 15.0 Å². The zero-order valence-electron chi connectivity index (χ0n) is 14.1. The molecule has 2 rings (SSSR count). The molecule has 0 saturated heterocycles. The third kappa shape index (κ3) is 3.21. The fourth-order valence-electron chi connectivity index (χ4n) is 3.54. The lowest BCUT2D eigenvalue weighted by Gasteiger charge is -2.39. The second-order valence-electron chi connectivity index (χ2n) is 6.20. The van der Waals surface area contributed by atoms with Crippen molar-refractivity contribution >= 4 is 23.5 Å². The molecule has 0 fully saturated rings. The van der Waals surface area contributed by atoms with Gasteiger partial charge in [0, 0.05) is 22.1 Å². The first-order chi connectivity index (χ1) is 11.8. The molecular weight excluding hydrogens is 347 g/mol. The summed E-state index contributed by atoms with van der Waals surface area (Å²) in [6.45, 7) is 3.54. The molecule has 2 N–H and O–H groups in total. The van der Waals surface area contributed by atoms with E-state index < -0.39 is 29.1 Å². The predicted molar refractivity (Wildman–Crippen MR) is 93.2 cm³/mol. The van der Waals surface area contributed by atoms with Crippen molar-refractivity contribution in [3.05, 3.63) is 57.9 Å². The van der Waals surface area contributed by atoms with Gasteiger partial charge in [0.1, 0.15) is 11.2 Å². The molecule has 0 spiro atoms. The Bertz CT molecular complexity index is 748. The van der Waals surface area contributed by atoms with E-state index in [1.165, 1.54) is 24.3 Å². The number of unbranched alkanes of at least 4 members (excludes halogenated alkanes) is 1. The minimum Gasteiger partial charge on any atom is -0.480 e. The lowest BCUT2D eigenvalue weighted by atomic mass is 9.62. The van der Waals surface area contributed by atoms with E-state index in [9.17, 15) is 24.2 Å². The summed E-state index contributed by atoms with van der Waals surface area (Å²) in [7, 11) is 0. The standard InChI is InChI=1S/C19H20ClFO4/c1-3-4-6-12-15(17(22)23)11(2)9-10-19(12,18(24)25)16-13(20)7-5-8-14(16)21/h5,7-10,12H,3-4,6H2,1-2H3,(H,22,23)(H,24,25). The van der Waals surface area contributed by atoms with Crippen LogP contribution in [0.2, 0.25) is 5.02 Å². The van der Waals surface area contributed by atoms with Gasteiger partial charge in [-0.2, -0.15) is 0 Å². The number of halogens is 2. The third-order valence-corrected chi connectivity index (χ3v) is 5.04. The van der Waals surface area contributed by atoms with Crippen molar-refractivity contribution in [2.75, 3.05) is 0 Å². The molecule has 2 unspecified atom stereocenters. The zero-order chi connectivity index (χ0) is 18.8. The van der Waals surface area contributed by atoms with Crippen LogP contribution in [0.3, 0.4) is 0 Å². The normalized spacial score (nSPS) is 23.0. The fraction of sp³-hybridized carbons (Fsp3) is 0.368. The first-order valence-electron chi connectivity index (χ1n) is 8.08. The molecule has 1 aliphatic carbocycles. The maximum absolute atomic E-state index is 14.6. The van der Waals surface area contributed by atoms with Crippen LogP contribution in [0.1, 0.15) is 38.7 Å². The topological polar surface area (TPSA) is 74.6 Å². The van der Waals surface area contributed by atoms with Gasteiger partial charge in [-0.3, -0.25) is 4.79 Å². The number of carbonyl (C=O) groups is 2. The second kappa shape index (κ2) is 7.40. The Morgan fingerprint density at radius 2 is 2.00 bits per heavy atom. The van der Waals surface area contributed by atoms with Gasteiger partial charge in [0.2, 0.25) is 0 Å². The van der Waals surface area contributed by atoms with Crippen molar-refractivity contribution in [3.63, 3.8) is 0 Å². The average molecular weight is 367 g/mol. The van der Waals surface area contributed by atoms with Crippen molar-refractivity contribution in [2.24, 2.45) is 5.92 Å². The third-order valence-electron chi connectivity index (χ3n) is 4.73. The molecule has 0 bridgehead atoms. The Labute approximate surface area is 150 Å². The van der Waals surface area contributed by atoms with Crippen molar-refractivity contribution in [2.45, 2.75) is 38.5 Å². The SMILES string of the molecule is CCCCC1C(C(=O)O)=C(C)C=CC1(C(=O)O)c1c(F)cccc1Cl. The van der Waals surface area contributed by atoms with Crippen LogP contribution in [0.5, 0.6) is 0 Å². The average Bonchev–Trinajstić information content (AvgIpc) is 2.53. The molecule has 0 aliphatic heterocycles. The molecule has 0 amide bonds. The minimum atomic E-state index is -1.86. The molecular formula is C19H20ClFO4. The van der Waals surface area contributed by atoms with E-state index in [4.69, 9.17) is 11.6 Å². The highest BCUT2D eigenvalue weighted by Gasteiger charge is 2.52. The van der Waals surface area contributed by atoms with Crippen molar-refractivity contribution in [3.8, 4) is 0 Å². The van der Waals surface area contributed by atoms with Gasteiger partial charge in [-0.1, -0.05) is 49.6 Å². The lowest BCUT2D eigenvalue weighted by Crippen LogP contribution is -2.46. The molecule has 6 heteroatoms. The van der Waals surface area contributed by atoms with Gasteiger partial charge in [0.15, 0.2) is 0 Å². The van der Waals surface area contributed by atoms with Crippen molar-refractivity contribution in [1.29, 1.82) is 0 Å². The number of aliphatic carboxylic acids is 2. The summed E-state index contributed by atoms with van der Waals surface area (Å²) in [5.74, 6) is -4.18. The molecule has 4 nitrogen and oxygen atoms in total. The van der Waals surface area contributed by atoms with Crippen LogP contribution in [0.15, 0.2) is 41.5 Å². The summed E-state index contributed by atoms with van der Waals surface area (Å²) in [5, 5.41) is 19.7. The highest BCUT2D eigenvalue weighted by molar-refractivity contribution is 6.31. The second-order valence-corrected chi connectivity index (χ2v) is 6.61. The minimum absolute atomic E-state index is 0.00216. The predicted octanol–water partition coefficient (Wildman–Crippen LogP) is 4.58. The van der Waals surface area contributed by atoms with E-state index in [0.717, 1.165) is 12.5 Å². The Hall–Kier alpha value is -2.14. The summed E-state index contributed by atoms with van der Waals surface area (Å²) < 4.78 is 14.6. The Kier molecular flexibility index (Phi) is 5.68. The molecule has 1 aromatic rings. The maximum Gasteiger partial charge on any atom is 0.332 e. The fourth-order valence-corrected chi connectivity index (χ4v) is 3.86. The molecule has 25 heavy (non-hydrogen) atoms. The van der Waals surface area contributed by atoms with Gasteiger partial charge in [0.05, 0.1) is 0 Å². The van der Waals surface area contributed by atoms with Crippen molar-refractivity contribution in [1.82, 2.24) is 0 Å². The number of hydrogen-bond donors (Lipinski definition) is 2. The molecule has 0 radical (unpaired) electrons. The number of benzene rings is 1.